The van der Waals surface area contributed by atoms with Crippen LogP contribution in [0.5, 0.6) is 0 Å². The largest absolute Gasteiger partial charge is 0.388 e. The summed E-state index contributed by atoms with van der Waals surface area (Å²) < 4.78 is 21.7. The number of hydrogen-bond donors (Lipinski definition) is 6. The molecule has 0 aromatic carbocycles. The standard InChI is InChI=1S/C32H55NO14/c1-18-24(38)26(40)28(42)30(46-18)44-13-7-10-21(35)16-33(15-20(34)9-6-12-23(37)32(3,4)5)17-22(36)11-8-14-45-31-29(43)27(41)25(39)19(2)47-31/h18-19,24-31,38-43H,6-17H2,1-5H3/t18-,19-,24+,25+,26+,27+,28-,29-,30+,31+/m0/s1. The SMILES string of the molecule is C[C@@H]1O[C@@H](OCCCC(=O)CN(CC(=O)CCCO[C@@H]2O[C@@H](C)[C@@H](O)[C@@H](O)[C@@H]2O)CC(=O)CCCC(=O)C(C)(C)C)[C@@H](O)[C@H](O)[C@@H]1O. The van der Waals surface area contributed by atoms with Crippen molar-refractivity contribution in [3.8, 4) is 0 Å². The van der Waals surface area contributed by atoms with Crippen LogP contribution in [0.3, 0.4) is 0 Å². The summed E-state index contributed by atoms with van der Waals surface area (Å²) in [6.07, 6.45) is -10.9. The number of aliphatic hydroxyl groups is 6. The number of carbonyl (C=O) groups excluding carboxylic acids is 4. The number of rotatable bonds is 20. The molecule has 0 unspecified atom stereocenters. The zero-order valence-corrected chi connectivity index (χ0v) is 28.2. The van der Waals surface area contributed by atoms with E-state index in [1.807, 2.05) is 20.8 Å². The van der Waals surface area contributed by atoms with Gasteiger partial charge >= 0.3 is 0 Å². The van der Waals surface area contributed by atoms with Gasteiger partial charge in [-0.25, -0.2) is 0 Å². The lowest BCUT2D eigenvalue weighted by Gasteiger charge is -2.38. The molecule has 2 heterocycles. The van der Waals surface area contributed by atoms with Gasteiger partial charge in [-0.3, -0.25) is 24.1 Å². The van der Waals surface area contributed by atoms with E-state index in [9.17, 15) is 49.8 Å². The first-order valence-corrected chi connectivity index (χ1v) is 16.4. The summed E-state index contributed by atoms with van der Waals surface area (Å²) in [5.41, 5.74) is -0.512. The fraction of sp³-hybridized carbons (Fsp3) is 0.875. The van der Waals surface area contributed by atoms with E-state index in [0.717, 1.165) is 0 Å². The molecule has 0 bridgehead atoms. The molecule has 0 radical (unpaired) electrons. The average molecular weight is 678 g/mol. The molecule has 2 rings (SSSR count). The van der Waals surface area contributed by atoms with E-state index in [0.29, 0.717) is 6.42 Å². The van der Waals surface area contributed by atoms with Crippen LogP contribution >= 0.6 is 0 Å². The summed E-state index contributed by atoms with van der Waals surface area (Å²) in [5.74, 6) is -0.689. The van der Waals surface area contributed by atoms with E-state index in [2.05, 4.69) is 0 Å². The highest BCUT2D eigenvalue weighted by atomic mass is 16.7. The Morgan fingerprint density at radius 2 is 0.936 bits per heavy atom. The predicted molar refractivity (Wildman–Crippen MR) is 165 cm³/mol. The van der Waals surface area contributed by atoms with Crippen LogP contribution in [0.15, 0.2) is 0 Å². The van der Waals surface area contributed by atoms with Gasteiger partial charge in [-0.05, 0) is 33.1 Å². The fourth-order valence-electron chi connectivity index (χ4n) is 5.21. The van der Waals surface area contributed by atoms with Crippen LogP contribution in [0, 0.1) is 5.41 Å². The molecule has 2 aliphatic heterocycles. The summed E-state index contributed by atoms with van der Waals surface area (Å²) in [6.45, 7) is 7.98. The molecule has 2 saturated heterocycles. The van der Waals surface area contributed by atoms with Crippen molar-refractivity contribution < 1.29 is 68.8 Å². The summed E-state index contributed by atoms with van der Waals surface area (Å²) in [6, 6.07) is 0. The second-order valence-corrected chi connectivity index (χ2v) is 13.6. The molecule has 2 fully saturated rings. The first-order chi connectivity index (χ1) is 21.9. The highest BCUT2D eigenvalue weighted by Crippen LogP contribution is 2.23. The van der Waals surface area contributed by atoms with Gasteiger partial charge in [-0.1, -0.05) is 20.8 Å². The van der Waals surface area contributed by atoms with Gasteiger partial charge in [0.1, 0.15) is 59.8 Å². The molecule has 0 amide bonds. The maximum atomic E-state index is 12.8. The summed E-state index contributed by atoms with van der Waals surface area (Å²) in [7, 11) is 0. The normalized spacial score (nSPS) is 31.6. The number of ether oxygens (including phenoxy) is 4. The number of carbonyl (C=O) groups is 4. The Hall–Kier alpha value is -1.76. The van der Waals surface area contributed by atoms with Crippen molar-refractivity contribution in [1.29, 1.82) is 0 Å². The van der Waals surface area contributed by atoms with Gasteiger partial charge in [0.25, 0.3) is 0 Å². The molecule has 0 aliphatic carbocycles. The van der Waals surface area contributed by atoms with E-state index < -0.39 is 66.8 Å². The molecule has 0 saturated carbocycles. The maximum Gasteiger partial charge on any atom is 0.186 e. The van der Waals surface area contributed by atoms with Gasteiger partial charge < -0.3 is 49.6 Å². The van der Waals surface area contributed by atoms with Crippen LogP contribution in [0.25, 0.3) is 0 Å². The molecule has 6 N–H and O–H groups in total. The van der Waals surface area contributed by atoms with Crippen LogP contribution < -0.4 is 0 Å². The number of Topliss-reactive ketones (excluding diaryl/α,β-unsaturated/α-hetero) is 4. The van der Waals surface area contributed by atoms with Gasteiger partial charge in [0, 0.05) is 31.1 Å². The Morgan fingerprint density at radius 3 is 1.30 bits per heavy atom. The highest BCUT2D eigenvalue weighted by molar-refractivity contribution is 5.87. The molecule has 15 heteroatoms. The van der Waals surface area contributed by atoms with Crippen LogP contribution in [0.2, 0.25) is 0 Å². The van der Waals surface area contributed by atoms with Gasteiger partial charge in [0.05, 0.1) is 45.1 Å². The number of nitrogens with zero attached hydrogens (tertiary/aromatic N) is 1. The monoisotopic (exact) mass is 677 g/mol. The maximum absolute atomic E-state index is 12.8. The van der Waals surface area contributed by atoms with Crippen molar-refractivity contribution in [2.24, 2.45) is 5.41 Å². The van der Waals surface area contributed by atoms with Crippen LogP contribution in [-0.4, -0.2) is 153 Å². The summed E-state index contributed by atoms with van der Waals surface area (Å²) in [5, 5.41) is 59.6. The Balaban J connectivity index is 1.85. The topological polar surface area (TPSA) is 230 Å². The third kappa shape index (κ3) is 13.6. The van der Waals surface area contributed by atoms with E-state index in [-0.39, 0.29) is 94.5 Å². The van der Waals surface area contributed by atoms with Gasteiger partial charge in [-0.15, -0.1) is 0 Å². The Kier molecular flexibility index (Phi) is 17.1. The van der Waals surface area contributed by atoms with Crippen molar-refractivity contribution in [2.45, 2.75) is 141 Å². The third-order valence-electron chi connectivity index (χ3n) is 8.28. The fourth-order valence-corrected chi connectivity index (χ4v) is 5.21. The highest BCUT2D eigenvalue weighted by Gasteiger charge is 2.43. The van der Waals surface area contributed by atoms with Crippen LogP contribution in [0.1, 0.15) is 79.6 Å². The summed E-state index contributed by atoms with van der Waals surface area (Å²) in [4.78, 5) is 52.1. The van der Waals surface area contributed by atoms with Crippen molar-refractivity contribution in [2.75, 3.05) is 32.8 Å². The minimum atomic E-state index is -1.46. The van der Waals surface area contributed by atoms with E-state index in [4.69, 9.17) is 18.9 Å². The smallest absolute Gasteiger partial charge is 0.186 e. The quantitative estimate of drug-likeness (QED) is 0.0852. The Labute approximate surface area is 276 Å². The Bertz CT molecular complexity index is 962. The van der Waals surface area contributed by atoms with Crippen molar-refractivity contribution >= 4 is 23.1 Å². The molecule has 47 heavy (non-hydrogen) atoms. The number of aliphatic hydroxyl groups excluding tert-OH is 6. The van der Waals surface area contributed by atoms with Gasteiger partial charge in [-0.2, -0.15) is 0 Å². The number of hydrogen-bond acceptors (Lipinski definition) is 15. The second kappa shape index (κ2) is 19.4. The van der Waals surface area contributed by atoms with Crippen molar-refractivity contribution in [1.82, 2.24) is 4.90 Å². The molecule has 2 aliphatic rings. The molecule has 0 spiro atoms. The molecule has 10 atom stereocenters. The van der Waals surface area contributed by atoms with E-state index in [1.54, 1.807) is 0 Å². The van der Waals surface area contributed by atoms with Crippen LogP contribution in [0.4, 0.5) is 0 Å². The lowest BCUT2D eigenvalue weighted by Crippen LogP contribution is -2.57. The zero-order valence-electron chi connectivity index (χ0n) is 28.2. The molecular formula is C32H55NO14. The average Bonchev–Trinajstić information content (AvgIpc) is 2.99. The molecule has 0 aromatic heterocycles. The minimum Gasteiger partial charge on any atom is -0.388 e. The first-order valence-electron chi connectivity index (χ1n) is 16.4. The predicted octanol–water partition coefficient (Wildman–Crippen LogP) is -0.970. The molecule has 0 aromatic rings. The van der Waals surface area contributed by atoms with Crippen molar-refractivity contribution in [3.63, 3.8) is 0 Å². The van der Waals surface area contributed by atoms with Gasteiger partial charge in [0.15, 0.2) is 12.6 Å². The third-order valence-corrected chi connectivity index (χ3v) is 8.28. The summed E-state index contributed by atoms with van der Waals surface area (Å²) >= 11 is 0. The van der Waals surface area contributed by atoms with E-state index in [1.165, 1.54) is 18.7 Å². The second-order valence-electron chi connectivity index (χ2n) is 13.6. The Morgan fingerprint density at radius 1 is 0.574 bits per heavy atom. The van der Waals surface area contributed by atoms with Crippen molar-refractivity contribution in [3.05, 3.63) is 0 Å². The minimum absolute atomic E-state index is 0.0108. The lowest BCUT2D eigenvalue weighted by atomic mass is 9.88. The van der Waals surface area contributed by atoms with E-state index >= 15 is 0 Å². The lowest BCUT2D eigenvalue weighted by molar-refractivity contribution is -0.293. The number of ketones is 4. The van der Waals surface area contributed by atoms with Crippen LogP contribution in [-0.2, 0) is 38.1 Å². The molecule has 272 valence electrons. The molecular weight excluding hydrogens is 622 g/mol. The first kappa shape index (κ1) is 41.4. The zero-order chi connectivity index (χ0) is 35.5. The molecule has 15 nitrogen and oxygen atoms in total. The van der Waals surface area contributed by atoms with Gasteiger partial charge in [0.2, 0.25) is 0 Å².